The molecule has 0 aliphatic rings. The van der Waals surface area contributed by atoms with Crippen LogP contribution in [0, 0.1) is 0 Å². The first-order valence-electron chi connectivity index (χ1n) is 2.96. The molecule has 0 heterocycles. The van der Waals surface area contributed by atoms with E-state index in [1.807, 2.05) is 0 Å². The lowest BCUT2D eigenvalue weighted by Crippen LogP contribution is -1.99. The fraction of sp³-hybridized carbons (Fsp3) is 0.500. The Bertz CT molecular complexity index is 125. The molecule has 0 atom stereocenters. The maximum absolute atomic E-state index is 10.6. The van der Waals surface area contributed by atoms with Crippen molar-refractivity contribution in [2.45, 2.75) is 6.92 Å². The van der Waals surface area contributed by atoms with E-state index in [9.17, 15) is 4.79 Å². The molecule has 4 heteroatoms. The summed E-state index contributed by atoms with van der Waals surface area (Å²) >= 11 is 1.17. The van der Waals surface area contributed by atoms with Crippen molar-refractivity contribution in [3.8, 4) is 0 Å². The van der Waals surface area contributed by atoms with Gasteiger partial charge in [-0.05, 0) is 6.92 Å². The molecule has 0 amide bonds. The van der Waals surface area contributed by atoms with Gasteiger partial charge in [-0.3, -0.25) is 5.14 Å². The molecular formula is C6H11NO2S. The zero-order valence-electron chi connectivity index (χ0n) is 5.87. The van der Waals surface area contributed by atoms with E-state index in [1.54, 1.807) is 13.0 Å². The number of rotatable bonds is 4. The second kappa shape index (κ2) is 6.64. The minimum absolute atomic E-state index is 0.309. The molecule has 0 fully saturated rings. The highest BCUT2D eigenvalue weighted by Gasteiger charge is 1.90. The van der Waals surface area contributed by atoms with Gasteiger partial charge in [0.05, 0.1) is 6.61 Å². The maximum Gasteiger partial charge on any atom is 0.330 e. The van der Waals surface area contributed by atoms with Gasteiger partial charge in [-0.2, -0.15) is 0 Å². The lowest BCUT2D eigenvalue weighted by Gasteiger charge is -1.93. The van der Waals surface area contributed by atoms with Crippen LogP contribution < -0.4 is 5.14 Å². The van der Waals surface area contributed by atoms with E-state index in [0.29, 0.717) is 12.4 Å². The van der Waals surface area contributed by atoms with Crippen LogP contribution in [0.4, 0.5) is 0 Å². The van der Waals surface area contributed by atoms with Crippen LogP contribution >= 0.6 is 11.9 Å². The summed E-state index contributed by atoms with van der Waals surface area (Å²) < 4.78 is 4.61. The fourth-order valence-electron chi connectivity index (χ4n) is 0.390. The molecule has 0 aromatic rings. The first-order valence-corrected chi connectivity index (χ1v) is 4.01. The molecule has 0 saturated heterocycles. The van der Waals surface area contributed by atoms with Crippen LogP contribution in [0.15, 0.2) is 12.2 Å². The average Bonchev–Trinajstić information content (AvgIpc) is 1.89. The first kappa shape index (κ1) is 9.52. The summed E-state index contributed by atoms with van der Waals surface area (Å²) in [6.07, 6.45) is 3.05. The van der Waals surface area contributed by atoms with Crippen molar-refractivity contribution in [2.75, 3.05) is 12.4 Å². The van der Waals surface area contributed by atoms with Gasteiger partial charge in [0.2, 0.25) is 0 Å². The van der Waals surface area contributed by atoms with E-state index in [0.717, 1.165) is 0 Å². The van der Waals surface area contributed by atoms with Crippen LogP contribution in [0.2, 0.25) is 0 Å². The van der Waals surface area contributed by atoms with Gasteiger partial charge in [0, 0.05) is 11.8 Å². The topological polar surface area (TPSA) is 52.3 Å². The zero-order chi connectivity index (χ0) is 7.82. The maximum atomic E-state index is 10.6. The van der Waals surface area contributed by atoms with Crippen molar-refractivity contribution < 1.29 is 9.53 Å². The third-order valence-corrected chi connectivity index (χ3v) is 1.12. The third-order valence-electron chi connectivity index (χ3n) is 0.733. The van der Waals surface area contributed by atoms with Crippen LogP contribution in [0.1, 0.15) is 6.92 Å². The van der Waals surface area contributed by atoms with Gasteiger partial charge in [0.15, 0.2) is 0 Å². The summed E-state index contributed by atoms with van der Waals surface area (Å²) in [4.78, 5) is 10.6. The molecule has 2 N–H and O–H groups in total. The Kier molecular flexibility index (Phi) is 6.32. The van der Waals surface area contributed by atoms with Crippen LogP contribution in [0.5, 0.6) is 0 Å². The summed E-state index contributed by atoms with van der Waals surface area (Å²) in [5.74, 6) is 0.329. The van der Waals surface area contributed by atoms with Gasteiger partial charge < -0.3 is 4.74 Å². The minimum atomic E-state index is -0.309. The molecule has 0 aliphatic carbocycles. The predicted molar refractivity (Wildman–Crippen MR) is 42.4 cm³/mol. The summed E-state index contributed by atoms with van der Waals surface area (Å²) in [5, 5.41) is 5.10. The lowest BCUT2D eigenvalue weighted by atomic mass is 10.5. The third kappa shape index (κ3) is 5.65. The predicted octanol–water partition coefficient (Wildman–Crippen LogP) is 0.713. The van der Waals surface area contributed by atoms with Crippen molar-refractivity contribution in [2.24, 2.45) is 5.14 Å². The van der Waals surface area contributed by atoms with Crippen LogP contribution in [0.25, 0.3) is 0 Å². The van der Waals surface area contributed by atoms with Crippen LogP contribution in [-0.4, -0.2) is 18.3 Å². The Hall–Kier alpha value is -0.480. The number of hydrogen-bond donors (Lipinski definition) is 1. The highest BCUT2D eigenvalue weighted by molar-refractivity contribution is 7.97. The molecule has 0 bridgehead atoms. The molecule has 58 valence electrons. The standard InChI is InChI=1S/C6H11NO2S/c1-2-9-6(8)4-3-5-10-7/h3-4H,2,5,7H2,1H3. The number of nitrogens with two attached hydrogens (primary N) is 1. The minimum Gasteiger partial charge on any atom is -0.463 e. The van der Waals surface area contributed by atoms with E-state index in [4.69, 9.17) is 5.14 Å². The highest BCUT2D eigenvalue weighted by Crippen LogP contribution is 1.87. The van der Waals surface area contributed by atoms with Crippen molar-refractivity contribution >= 4 is 17.9 Å². The van der Waals surface area contributed by atoms with Crippen LogP contribution in [-0.2, 0) is 9.53 Å². The van der Waals surface area contributed by atoms with E-state index in [-0.39, 0.29) is 5.97 Å². The molecule has 0 unspecified atom stereocenters. The quantitative estimate of drug-likeness (QED) is 0.375. The molecule has 3 nitrogen and oxygen atoms in total. The monoisotopic (exact) mass is 161 g/mol. The van der Waals surface area contributed by atoms with Crippen molar-refractivity contribution in [1.29, 1.82) is 0 Å². The highest BCUT2D eigenvalue weighted by atomic mass is 32.2. The van der Waals surface area contributed by atoms with Crippen molar-refractivity contribution in [1.82, 2.24) is 0 Å². The van der Waals surface area contributed by atoms with Gasteiger partial charge in [-0.1, -0.05) is 18.0 Å². The molecule has 0 radical (unpaired) electrons. The molecule has 10 heavy (non-hydrogen) atoms. The van der Waals surface area contributed by atoms with Crippen molar-refractivity contribution in [3.63, 3.8) is 0 Å². The zero-order valence-corrected chi connectivity index (χ0v) is 6.69. The van der Waals surface area contributed by atoms with Crippen LogP contribution in [0.3, 0.4) is 0 Å². The summed E-state index contributed by atoms with van der Waals surface area (Å²) in [7, 11) is 0. The number of esters is 1. The van der Waals surface area contributed by atoms with E-state index >= 15 is 0 Å². The largest absolute Gasteiger partial charge is 0.463 e. The molecule has 0 aliphatic heterocycles. The van der Waals surface area contributed by atoms with E-state index in [2.05, 4.69) is 4.74 Å². The molecule has 0 aromatic carbocycles. The Labute approximate surface area is 64.7 Å². The summed E-state index contributed by atoms with van der Waals surface area (Å²) in [5.41, 5.74) is 0. The average molecular weight is 161 g/mol. The molecular weight excluding hydrogens is 150 g/mol. The van der Waals surface area contributed by atoms with E-state index < -0.39 is 0 Å². The molecule has 0 rings (SSSR count). The number of hydrogen-bond acceptors (Lipinski definition) is 4. The van der Waals surface area contributed by atoms with E-state index in [1.165, 1.54) is 18.0 Å². The Morgan fingerprint density at radius 3 is 3.00 bits per heavy atom. The number of carbonyl (C=O) groups is 1. The molecule has 0 aromatic heterocycles. The Morgan fingerprint density at radius 2 is 2.50 bits per heavy atom. The van der Waals surface area contributed by atoms with Gasteiger partial charge in [-0.25, -0.2) is 4.79 Å². The fourth-order valence-corrected chi connectivity index (χ4v) is 0.598. The number of ether oxygens (including phenoxy) is 1. The van der Waals surface area contributed by atoms with Gasteiger partial charge in [-0.15, -0.1) is 0 Å². The number of carbonyl (C=O) groups excluding carboxylic acids is 1. The first-order chi connectivity index (χ1) is 4.81. The summed E-state index contributed by atoms with van der Waals surface area (Å²) in [6, 6.07) is 0. The second-order valence-corrected chi connectivity index (χ2v) is 2.15. The normalized spacial score (nSPS) is 10.2. The summed E-state index contributed by atoms with van der Waals surface area (Å²) in [6.45, 7) is 2.18. The van der Waals surface area contributed by atoms with Gasteiger partial charge in [0.1, 0.15) is 0 Å². The second-order valence-electron chi connectivity index (χ2n) is 1.49. The molecule has 0 saturated carbocycles. The van der Waals surface area contributed by atoms with Crippen molar-refractivity contribution in [3.05, 3.63) is 12.2 Å². The Morgan fingerprint density at radius 1 is 1.80 bits per heavy atom. The lowest BCUT2D eigenvalue weighted by molar-refractivity contribution is -0.137. The smallest absolute Gasteiger partial charge is 0.330 e. The van der Waals surface area contributed by atoms with Gasteiger partial charge >= 0.3 is 5.97 Å². The Balaban J connectivity index is 3.36. The molecule has 0 spiro atoms. The SMILES string of the molecule is CCOC(=O)C=CCSN. The van der Waals surface area contributed by atoms with Gasteiger partial charge in [0.25, 0.3) is 0 Å².